The maximum atomic E-state index is 10.2. The van der Waals surface area contributed by atoms with Crippen LogP contribution in [0.2, 0.25) is 0 Å². The smallest absolute Gasteiger partial charge is 0.119 e. The lowest BCUT2D eigenvalue weighted by molar-refractivity contribution is 0.119. The second kappa shape index (κ2) is 4.93. The number of phenols is 1. The minimum absolute atomic E-state index is 0.0576. The first-order chi connectivity index (χ1) is 8.38. The van der Waals surface area contributed by atoms with E-state index in [9.17, 15) is 10.2 Å². The van der Waals surface area contributed by atoms with Crippen LogP contribution in [0.3, 0.4) is 0 Å². The third-order valence-electron chi connectivity index (χ3n) is 3.98. The summed E-state index contributed by atoms with van der Waals surface area (Å²) in [5.74, 6) is 0.698. The molecular formula is C16H24O2. The van der Waals surface area contributed by atoms with E-state index in [0.29, 0.717) is 11.7 Å². The van der Waals surface area contributed by atoms with Gasteiger partial charge >= 0.3 is 0 Å². The van der Waals surface area contributed by atoms with E-state index in [2.05, 4.69) is 26.8 Å². The van der Waals surface area contributed by atoms with Crippen LogP contribution in [0, 0.1) is 0 Å². The fourth-order valence-electron chi connectivity index (χ4n) is 2.80. The van der Waals surface area contributed by atoms with E-state index in [4.69, 9.17) is 0 Å². The number of hydrogen-bond donors (Lipinski definition) is 2. The zero-order valence-corrected chi connectivity index (χ0v) is 11.6. The lowest BCUT2D eigenvalue weighted by Crippen LogP contribution is -2.18. The van der Waals surface area contributed by atoms with Crippen molar-refractivity contribution in [3.63, 3.8) is 0 Å². The average Bonchev–Trinajstić information content (AvgIpc) is 2.27. The molecule has 1 aliphatic carbocycles. The molecule has 2 atom stereocenters. The summed E-state index contributed by atoms with van der Waals surface area (Å²) >= 11 is 0. The third-order valence-corrected chi connectivity index (χ3v) is 3.98. The van der Waals surface area contributed by atoms with Gasteiger partial charge in [-0.05, 0) is 47.8 Å². The van der Waals surface area contributed by atoms with Crippen LogP contribution < -0.4 is 0 Å². The molecule has 0 saturated heterocycles. The maximum absolute atomic E-state index is 10.2. The molecule has 2 nitrogen and oxygen atoms in total. The van der Waals surface area contributed by atoms with Crippen molar-refractivity contribution in [2.24, 2.45) is 0 Å². The molecule has 0 heterocycles. The first-order valence-corrected chi connectivity index (χ1v) is 6.89. The number of phenolic OH excluding ortho intramolecular Hbond substituents is 1. The molecule has 0 aliphatic heterocycles. The van der Waals surface area contributed by atoms with Gasteiger partial charge in [0, 0.05) is 0 Å². The quantitative estimate of drug-likeness (QED) is 0.795. The molecule has 1 aromatic carbocycles. The minimum atomic E-state index is -0.203. The van der Waals surface area contributed by atoms with Crippen molar-refractivity contribution in [2.75, 3.05) is 0 Å². The van der Waals surface area contributed by atoms with Gasteiger partial charge in [-0.3, -0.25) is 0 Å². The van der Waals surface area contributed by atoms with Gasteiger partial charge in [0.25, 0.3) is 0 Å². The largest absolute Gasteiger partial charge is 0.508 e. The molecule has 0 aromatic heterocycles. The summed E-state index contributed by atoms with van der Waals surface area (Å²) in [7, 11) is 0. The van der Waals surface area contributed by atoms with Crippen LogP contribution in [0.25, 0.3) is 0 Å². The summed E-state index contributed by atoms with van der Waals surface area (Å²) in [6, 6.07) is 6.03. The molecule has 0 spiro atoms. The second-order valence-corrected chi connectivity index (χ2v) is 6.54. The Hall–Kier alpha value is -1.02. The molecule has 0 amide bonds. The molecule has 2 heteroatoms. The van der Waals surface area contributed by atoms with E-state index in [-0.39, 0.29) is 11.5 Å². The normalized spacial score (nSPS) is 25.1. The molecular weight excluding hydrogens is 224 g/mol. The number of hydrogen-bond acceptors (Lipinski definition) is 2. The van der Waals surface area contributed by atoms with Crippen molar-refractivity contribution in [3.8, 4) is 5.75 Å². The van der Waals surface area contributed by atoms with Gasteiger partial charge in [-0.2, -0.15) is 0 Å². The molecule has 1 fully saturated rings. The number of aliphatic hydroxyl groups is 1. The zero-order chi connectivity index (χ0) is 13.3. The van der Waals surface area contributed by atoms with Crippen molar-refractivity contribution in [3.05, 3.63) is 29.3 Å². The fraction of sp³-hybridized carbons (Fsp3) is 0.625. The van der Waals surface area contributed by atoms with Crippen molar-refractivity contribution < 1.29 is 10.2 Å². The van der Waals surface area contributed by atoms with Crippen LogP contribution in [-0.4, -0.2) is 16.3 Å². The predicted octanol–water partition coefficient (Wildman–Crippen LogP) is 3.71. The average molecular weight is 248 g/mol. The Kier molecular flexibility index (Phi) is 3.67. The number of benzene rings is 1. The molecule has 0 radical (unpaired) electrons. The highest BCUT2D eigenvalue weighted by atomic mass is 16.3. The Morgan fingerprint density at radius 3 is 2.44 bits per heavy atom. The molecule has 18 heavy (non-hydrogen) atoms. The van der Waals surface area contributed by atoms with E-state index in [1.165, 1.54) is 0 Å². The summed E-state index contributed by atoms with van der Waals surface area (Å²) in [5, 5.41) is 19.9. The Morgan fingerprint density at radius 2 is 1.89 bits per heavy atom. The highest BCUT2D eigenvalue weighted by Gasteiger charge is 2.24. The minimum Gasteiger partial charge on any atom is -0.508 e. The van der Waals surface area contributed by atoms with Crippen LogP contribution in [0.1, 0.15) is 63.5 Å². The molecule has 1 aromatic rings. The molecule has 0 bridgehead atoms. The first-order valence-electron chi connectivity index (χ1n) is 6.89. The Morgan fingerprint density at radius 1 is 1.17 bits per heavy atom. The number of aliphatic hydroxyl groups excluding tert-OH is 1. The summed E-state index contributed by atoms with van der Waals surface area (Å²) in [4.78, 5) is 0. The predicted molar refractivity (Wildman–Crippen MR) is 74.0 cm³/mol. The van der Waals surface area contributed by atoms with Crippen molar-refractivity contribution in [2.45, 2.75) is 63.9 Å². The summed E-state index contributed by atoms with van der Waals surface area (Å²) < 4.78 is 0. The van der Waals surface area contributed by atoms with E-state index < -0.39 is 0 Å². The first kappa shape index (κ1) is 13.4. The highest BCUT2D eigenvalue weighted by Crippen LogP contribution is 2.38. The Balaban J connectivity index is 2.24. The van der Waals surface area contributed by atoms with Gasteiger partial charge < -0.3 is 10.2 Å². The lowest BCUT2D eigenvalue weighted by atomic mass is 9.80. The summed E-state index contributed by atoms with van der Waals surface area (Å²) in [6.45, 7) is 6.43. The molecule has 100 valence electrons. The van der Waals surface area contributed by atoms with Crippen molar-refractivity contribution >= 4 is 0 Å². The van der Waals surface area contributed by atoms with Gasteiger partial charge in [0.15, 0.2) is 0 Å². The number of rotatable bonds is 1. The zero-order valence-electron chi connectivity index (χ0n) is 11.6. The third kappa shape index (κ3) is 2.86. The summed E-state index contributed by atoms with van der Waals surface area (Å²) in [5.41, 5.74) is 2.21. The van der Waals surface area contributed by atoms with Crippen LogP contribution in [0.4, 0.5) is 0 Å². The van der Waals surface area contributed by atoms with Gasteiger partial charge in [-0.25, -0.2) is 0 Å². The van der Waals surface area contributed by atoms with E-state index in [1.807, 2.05) is 12.1 Å². The fourth-order valence-corrected chi connectivity index (χ4v) is 2.80. The van der Waals surface area contributed by atoms with Gasteiger partial charge in [0.05, 0.1) is 6.10 Å². The van der Waals surface area contributed by atoms with Crippen LogP contribution in [-0.2, 0) is 5.41 Å². The Bertz CT molecular complexity index is 418. The van der Waals surface area contributed by atoms with Gasteiger partial charge in [-0.1, -0.05) is 39.3 Å². The number of aromatic hydroxyl groups is 1. The molecule has 2 N–H and O–H groups in total. The van der Waals surface area contributed by atoms with Gasteiger partial charge in [-0.15, -0.1) is 0 Å². The van der Waals surface area contributed by atoms with Crippen molar-refractivity contribution in [1.29, 1.82) is 0 Å². The van der Waals surface area contributed by atoms with Gasteiger partial charge in [0.1, 0.15) is 5.75 Å². The highest BCUT2D eigenvalue weighted by molar-refractivity contribution is 5.41. The molecule has 2 rings (SSSR count). The van der Waals surface area contributed by atoms with Gasteiger partial charge in [0.2, 0.25) is 0 Å². The van der Waals surface area contributed by atoms with Crippen LogP contribution in [0.15, 0.2) is 18.2 Å². The SMILES string of the molecule is CC(C)(C)c1ccc([C@@H]2CCC[C@H](O)C2)c(O)c1. The van der Waals surface area contributed by atoms with E-state index >= 15 is 0 Å². The van der Waals surface area contributed by atoms with Crippen molar-refractivity contribution in [1.82, 2.24) is 0 Å². The van der Waals surface area contributed by atoms with Crippen LogP contribution >= 0.6 is 0 Å². The van der Waals surface area contributed by atoms with Crippen LogP contribution in [0.5, 0.6) is 5.75 Å². The molecule has 0 unspecified atom stereocenters. The van der Waals surface area contributed by atoms with E-state index in [1.54, 1.807) is 0 Å². The Labute approximate surface area is 110 Å². The molecule has 1 saturated carbocycles. The maximum Gasteiger partial charge on any atom is 0.119 e. The summed E-state index contributed by atoms with van der Waals surface area (Å²) in [6.07, 6.45) is 3.59. The second-order valence-electron chi connectivity index (χ2n) is 6.54. The topological polar surface area (TPSA) is 40.5 Å². The van der Waals surface area contributed by atoms with E-state index in [0.717, 1.165) is 36.8 Å². The molecule has 1 aliphatic rings. The standard InChI is InChI=1S/C16H24O2/c1-16(2,3)12-7-8-14(15(18)10-12)11-5-4-6-13(17)9-11/h7-8,10-11,13,17-18H,4-6,9H2,1-3H3/t11-,13+/m1/s1. The lowest BCUT2D eigenvalue weighted by Gasteiger charge is -2.28. The monoisotopic (exact) mass is 248 g/mol.